The number of anilines is 1. The van der Waals surface area contributed by atoms with Gasteiger partial charge in [0.05, 0.1) is 0 Å². The van der Waals surface area contributed by atoms with Crippen LogP contribution < -0.4 is 5.32 Å². The molecule has 0 saturated carbocycles. The lowest BCUT2D eigenvalue weighted by molar-refractivity contribution is -0.129. The maximum Gasteiger partial charge on any atom is 0.226 e. The van der Waals surface area contributed by atoms with Gasteiger partial charge in [-0.05, 0) is 38.0 Å². The van der Waals surface area contributed by atoms with E-state index in [1.807, 2.05) is 63.2 Å². The molecule has 2 aromatic rings. The maximum absolute atomic E-state index is 12.2. The zero-order valence-electron chi connectivity index (χ0n) is 15.4. The Balaban J connectivity index is 1.92. The highest BCUT2D eigenvalue weighted by Crippen LogP contribution is 2.16. The van der Waals surface area contributed by atoms with Crippen LogP contribution in [0.15, 0.2) is 42.5 Å². The summed E-state index contributed by atoms with van der Waals surface area (Å²) in [4.78, 5) is 25.8. The Hall–Kier alpha value is -2.62. The van der Waals surface area contributed by atoms with Gasteiger partial charge in [0.25, 0.3) is 0 Å². The van der Waals surface area contributed by atoms with Gasteiger partial charge in [-0.3, -0.25) is 9.59 Å². The molecule has 2 rings (SSSR count). The van der Waals surface area contributed by atoms with Crippen LogP contribution in [0.1, 0.15) is 35.6 Å². The van der Waals surface area contributed by atoms with Gasteiger partial charge in [0, 0.05) is 32.1 Å². The molecule has 0 aromatic heterocycles. The first-order valence-electron chi connectivity index (χ1n) is 8.53. The molecule has 4 nitrogen and oxygen atoms in total. The third kappa shape index (κ3) is 5.75. The molecular weight excluding hydrogens is 312 g/mol. The highest BCUT2D eigenvalue weighted by atomic mass is 16.2. The molecule has 4 heteroatoms. The van der Waals surface area contributed by atoms with E-state index in [0.29, 0.717) is 13.1 Å². The Bertz CT molecular complexity index is 751. The predicted octanol–water partition coefficient (Wildman–Crippen LogP) is 3.99. The number of rotatable bonds is 6. The minimum atomic E-state index is -0.0814. The number of nitrogens with zero attached hydrogens (tertiary/aromatic N) is 1. The van der Waals surface area contributed by atoms with Crippen molar-refractivity contribution in [3.8, 4) is 0 Å². The van der Waals surface area contributed by atoms with Crippen LogP contribution in [0.25, 0.3) is 0 Å². The van der Waals surface area contributed by atoms with E-state index in [1.54, 1.807) is 4.90 Å². The van der Waals surface area contributed by atoms with Gasteiger partial charge in [-0.25, -0.2) is 0 Å². The van der Waals surface area contributed by atoms with Crippen LogP contribution in [0, 0.1) is 20.8 Å². The minimum absolute atomic E-state index is 0.0279. The molecule has 0 fully saturated rings. The van der Waals surface area contributed by atoms with Crippen LogP contribution in [0.4, 0.5) is 5.69 Å². The summed E-state index contributed by atoms with van der Waals surface area (Å²) in [5.41, 5.74) is 5.28. The van der Waals surface area contributed by atoms with Gasteiger partial charge >= 0.3 is 0 Å². The maximum atomic E-state index is 12.2. The number of aryl methyl sites for hydroxylation is 3. The fourth-order valence-corrected chi connectivity index (χ4v) is 2.66. The fraction of sp³-hybridized carbons (Fsp3) is 0.333. The summed E-state index contributed by atoms with van der Waals surface area (Å²) in [5.74, 6) is -0.109. The van der Waals surface area contributed by atoms with Crippen LogP contribution >= 0.6 is 0 Å². The second-order valence-corrected chi connectivity index (χ2v) is 6.54. The average molecular weight is 338 g/mol. The zero-order chi connectivity index (χ0) is 18.4. The molecule has 0 unspecified atom stereocenters. The summed E-state index contributed by atoms with van der Waals surface area (Å²) in [5, 5.41) is 2.93. The Morgan fingerprint density at radius 2 is 1.60 bits per heavy atom. The zero-order valence-corrected chi connectivity index (χ0v) is 15.4. The van der Waals surface area contributed by atoms with Gasteiger partial charge in [-0.1, -0.05) is 47.5 Å². The van der Waals surface area contributed by atoms with Crippen molar-refractivity contribution in [1.29, 1.82) is 0 Å². The molecule has 0 aliphatic rings. The van der Waals surface area contributed by atoms with Crippen molar-refractivity contribution in [3.63, 3.8) is 0 Å². The van der Waals surface area contributed by atoms with Gasteiger partial charge in [-0.2, -0.15) is 0 Å². The molecule has 132 valence electrons. The normalized spacial score (nSPS) is 10.4. The molecule has 0 bridgehead atoms. The first kappa shape index (κ1) is 18.7. The molecule has 0 atom stereocenters. The molecule has 0 spiro atoms. The van der Waals surface area contributed by atoms with Crippen molar-refractivity contribution in [1.82, 2.24) is 4.90 Å². The Kier molecular flexibility index (Phi) is 6.34. The van der Waals surface area contributed by atoms with Gasteiger partial charge in [-0.15, -0.1) is 0 Å². The second kappa shape index (κ2) is 8.47. The summed E-state index contributed by atoms with van der Waals surface area (Å²) < 4.78 is 0. The van der Waals surface area contributed by atoms with Crippen molar-refractivity contribution in [2.24, 2.45) is 0 Å². The number of hydrogen-bond donors (Lipinski definition) is 1. The SMILES string of the molecule is CC(=O)N(CCC(=O)Nc1ccc(C)cc1C)Cc1ccc(C)cc1. The topological polar surface area (TPSA) is 49.4 Å². The Morgan fingerprint density at radius 1 is 0.960 bits per heavy atom. The smallest absolute Gasteiger partial charge is 0.226 e. The van der Waals surface area contributed by atoms with E-state index in [4.69, 9.17) is 0 Å². The number of benzene rings is 2. The standard InChI is InChI=1S/C21H26N2O2/c1-15-5-8-19(9-6-15)14-23(18(4)24)12-11-21(25)22-20-10-7-16(2)13-17(20)3/h5-10,13H,11-12,14H2,1-4H3,(H,22,25). The molecule has 2 amide bonds. The molecule has 0 heterocycles. The Labute approximate surface area is 149 Å². The fourth-order valence-electron chi connectivity index (χ4n) is 2.66. The minimum Gasteiger partial charge on any atom is -0.338 e. The molecular formula is C21H26N2O2. The predicted molar refractivity (Wildman–Crippen MR) is 101 cm³/mol. The van der Waals surface area contributed by atoms with Crippen LogP contribution in [0.2, 0.25) is 0 Å². The summed E-state index contributed by atoms with van der Waals surface area (Å²) in [6.45, 7) is 8.49. The number of nitrogens with one attached hydrogen (secondary N) is 1. The first-order valence-corrected chi connectivity index (χ1v) is 8.53. The van der Waals surface area contributed by atoms with Crippen molar-refractivity contribution in [2.45, 2.75) is 40.7 Å². The van der Waals surface area contributed by atoms with Crippen molar-refractivity contribution < 1.29 is 9.59 Å². The third-order valence-corrected chi connectivity index (χ3v) is 4.20. The number of hydrogen-bond acceptors (Lipinski definition) is 2. The van der Waals surface area contributed by atoms with Gasteiger partial charge < -0.3 is 10.2 Å². The van der Waals surface area contributed by atoms with E-state index < -0.39 is 0 Å². The molecule has 2 aromatic carbocycles. The molecule has 1 N–H and O–H groups in total. The molecule has 0 radical (unpaired) electrons. The quantitative estimate of drug-likeness (QED) is 0.866. The molecule has 25 heavy (non-hydrogen) atoms. The van der Waals surface area contributed by atoms with E-state index in [1.165, 1.54) is 12.5 Å². The van der Waals surface area contributed by atoms with E-state index >= 15 is 0 Å². The monoisotopic (exact) mass is 338 g/mol. The summed E-state index contributed by atoms with van der Waals surface area (Å²) in [6, 6.07) is 14.0. The van der Waals surface area contributed by atoms with Crippen LogP contribution in [-0.4, -0.2) is 23.3 Å². The molecule has 0 aliphatic heterocycles. The van der Waals surface area contributed by atoms with Crippen LogP contribution in [-0.2, 0) is 16.1 Å². The summed E-state index contributed by atoms with van der Waals surface area (Å²) in [6.07, 6.45) is 0.277. The van der Waals surface area contributed by atoms with E-state index in [0.717, 1.165) is 22.4 Å². The Morgan fingerprint density at radius 3 is 2.20 bits per heavy atom. The lowest BCUT2D eigenvalue weighted by Crippen LogP contribution is -2.31. The highest BCUT2D eigenvalue weighted by molar-refractivity contribution is 5.91. The summed E-state index contributed by atoms with van der Waals surface area (Å²) >= 11 is 0. The number of carbonyl (C=O) groups excluding carboxylic acids is 2. The van der Waals surface area contributed by atoms with Crippen LogP contribution in [0.5, 0.6) is 0 Å². The second-order valence-electron chi connectivity index (χ2n) is 6.54. The average Bonchev–Trinajstić information content (AvgIpc) is 2.55. The first-order chi connectivity index (χ1) is 11.8. The van der Waals surface area contributed by atoms with Crippen LogP contribution in [0.3, 0.4) is 0 Å². The van der Waals surface area contributed by atoms with E-state index in [9.17, 15) is 9.59 Å². The molecule has 0 saturated heterocycles. The largest absolute Gasteiger partial charge is 0.338 e. The van der Waals surface area contributed by atoms with Gasteiger partial charge in [0.2, 0.25) is 11.8 Å². The number of amides is 2. The van der Waals surface area contributed by atoms with Crippen molar-refractivity contribution in [2.75, 3.05) is 11.9 Å². The summed E-state index contributed by atoms with van der Waals surface area (Å²) in [7, 11) is 0. The molecule has 0 aliphatic carbocycles. The van der Waals surface area contributed by atoms with Gasteiger partial charge in [0.1, 0.15) is 0 Å². The van der Waals surface area contributed by atoms with E-state index in [-0.39, 0.29) is 18.2 Å². The van der Waals surface area contributed by atoms with E-state index in [2.05, 4.69) is 5.32 Å². The number of carbonyl (C=O) groups is 2. The van der Waals surface area contributed by atoms with Crippen molar-refractivity contribution in [3.05, 3.63) is 64.7 Å². The van der Waals surface area contributed by atoms with Gasteiger partial charge in [0.15, 0.2) is 0 Å². The lowest BCUT2D eigenvalue weighted by Gasteiger charge is -2.21. The lowest BCUT2D eigenvalue weighted by atomic mass is 10.1. The highest BCUT2D eigenvalue weighted by Gasteiger charge is 2.12. The third-order valence-electron chi connectivity index (χ3n) is 4.20. The van der Waals surface area contributed by atoms with Crippen molar-refractivity contribution >= 4 is 17.5 Å².